The predicted octanol–water partition coefficient (Wildman–Crippen LogP) is 2.74. The standard InChI is InChI=1S/C19H17FN4O2/c1-26-13-4-2-3-12(7-13)15-9-24(10-17-18(15)23-11-22-17)19(25)14-5-6-21-8-16(14)20/h2-8,11,15H,9-10H2,1H3,(H,22,23). The van der Waals surface area contributed by atoms with Crippen LogP contribution in [-0.4, -0.2) is 39.4 Å². The number of aromatic amines is 1. The summed E-state index contributed by atoms with van der Waals surface area (Å²) in [5, 5.41) is 0. The molecule has 0 bridgehead atoms. The van der Waals surface area contributed by atoms with Gasteiger partial charge in [-0.3, -0.25) is 9.78 Å². The van der Waals surface area contributed by atoms with E-state index >= 15 is 0 Å². The smallest absolute Gasteiger partial charge is 0.257 e. The third kappa shape index (κ3) is 2.81. The number of carbonyl (C=O) groups is 1. The molecule has 7 heteroatoms. The van der Waals surface area contributed by atoms with E-state index in [2.05, 4.69) is 15.0 Å². The minimum Gasteiger partial charge on any atom is -0.497 e. The summed E-state index contributed by atoms with van der Waals surface area (Å²) < 4.78 is 19.3. The maximum atomic E-state index is 14.0. The molecular formula is C19H17FN4O2. The Morgan fingerprint density at radius 3 is 3.08 bits per heavy atom. The monoisotopic (exact) mass is 352 g/mol. The van der Waals surface area contributed by atoms with E-state index < -0.39 is 5.82 Å². The number of hydrogen-bond acceptors (Lipinski definition) is 4. The molecule has 2 aromatic heterocycles. The van der Waals surface area contributed by atoms with E-state index in [9.17, 15) is 9.18 Å². The number of halogens is 1. The van der Waals surface area contributed by atoms with Crippen LogP contribution < -0.4 is 4.74 Å². The molecule has 1 aliphatic heterocycles. The zero-order valence-corrected chi connectivity index (χ0v) is 14.1. The first-order chi connectivity index (χ1) is 12.7. The number of amides is 1. The quantitative estimate of drug-likeness (QED) is 0.787. The summed E-state index contributed by atoms with van der Waals surface area (Å²) in [4.78, 5) is 25.7. The van der Waals surface area contributed by atoms with Crippen LogP contribution in [0, 0.1) is 5.82 Å². The van der Waals surface area contributed by atoms with Gasteiger partial charge in [0, 0.05) is 18.7 Å². The number of fused-ring (bicyclic) bond motifs is 1. The summed E-state index contributed by atoms with van der Waals surface area (Å²) in [6, 6.07) is 9.09. The first-order valence-corrected chi connectivity index (χ1v) is 8.22. The molecule has 0 saturated heterocycles. The van der Waals surface area contributed by atoms with Crippen molar-refractivity contribution in [3.8, 4) is 5.75 Å². The van der Waals surface area contributed by atoms with E-state index in [1.807, 2.05) is 24.3 Å². The van der Waals surface area contributed by atoms with Crippen molar-refractivity contribution in [2.75, 3.05) is 13.7 Å². The van der Waals surface area contributed by atoms with Gasteiger partial charge in [-0.1, -0.05) is 12.1 Å². The maximum absolute atomic E-state index is 14.0. The summed E-state index contributed by atoms with van der Waals surface area (Å²) in [7, 11) is 1.61. The summed E-state index contributed by atoms with van der Waals surface area (Å²) in [5.74, 6) is -0.360. The second kappa shape index (κ2) is 6.59. The Hall–Kier alpha value is -3.22. The molecule has 4 rings (SSSR count). The van der Waals surface area contributed by atoms with Crippen LogP contribution in [0.3, 0.4) is 0 Å². The second-order valence-electron chi connectivity index (χ2n) is 6.14. The molecule has 1 N–H and O–H groups in total. The van der Waals surface area contributed by atoms with Crippen molar-refractivity contribution in [3.05, 3.63) is 77.4 Å². The number of rotatable bonds is 3. The summed E-state index contributed by atoms with van der Waals surface area (Å²) in [5.41, 5.74) is 2.77. The van der Waals surface area contributed by atoms with Crippen LogP contribution in [0.15, 0.2) is 49.1 Å². The van der Waals surface area contributed by atoms with E-state index in [-0.39, 0.29) is 17.4 Å². The Labute approximate surface area is 149 Å². The average molecular weight is 352 g/mol. The van der Waals surface area contributed by atoms with E-state index in [0.717, 1.165) is 28.9 Å². The highest BCUT2D eigenvalue weighted by Crippen LogP contribution is 2.33. The number of aromatic nitrogens is 3. The van der Waals surface area contributed by atoms with Gasteiger partial charge in [0.1, 0.15) is 5.75 Å². The van der Waals surface area contributed by atoms with Gasteiger partial charge in [0.2, 0.25) is 0 Å². The van der Waals surface area contributed by atoms with Crippen molar-refractivity contribution in [1.29, 1.82) is 0 Å². The number of ether oxygens (including phenoxy) is 1. The Kier molecular flexibility index (Phi) is 4.12. The fourth-order valence-electron chi connectivity index (χ4n) is 3.32. The van der Waals surface area contributed by atoms with Crippen LogP contribution in [-0.2, 0) is 6.54 Å². The number of benzene rings is 1. The van der Waals surface area contributed by atoms with Gasteiger partial charge in [-0.2, -0.15) is 0 Å². The fourth-order valence-corrected chi connectivity index (χ4v) is 3.32. The van der Waals surface area contributed by atoms with Crippen molar-refractivity contribution in [3.63, 3.8) is 0 Å². The molecule has 3 aromatic rings. The normalized spacial score (nSPS) is 16.2. The molecule has 1 unspecified atom stereocenters. The lowest BCUT2D eigenvalue weighted by Crippen LogP contribution is -2.39. The largest absolute Gasteiger partial charge is 0.497 e. The Bertz CT molecular complexity index is 956. The Morgan fingerprint density at radius 2 is 2.27 bits per heavy atom. The molecule has 0 spiro atoms. The van der Waals surface area contributed by atoms with Crippen LogP contribution >= 0.6 is 0 Å². The zero-order valence-electron chi connectivity index (χ0n) is 14.1. The highest BCUT2D eigenvalue weighted by Gasteiger charge is 2.32. The van der Waals surface area contributed by atoms with Gasteiger partial charge in [-0.05, 0) is 23.8 Å². The van der Waals surface area contributed by atoms with Crippen LogP contribution in [0.4, 0.5) is 4.39 Å². The van der Waals surface area contributed by atoms with Crippen molar-refractivity contribution < 1.29 is 13.9 Å². The van der Waals surface area contributed by atoms with Crippen molar-refractivity contribution >= 4 is 5.91 Å². The second-order valence-corrected chi connectivity index (χ2v) is 6.14. The first kappa shape index (κ1) is 16.3. The Balaban J connectivity index is 1.70. The number of carbonyl (C=O) groups excluding carboxylic acids is 1. The zero-order chi connectivity index (χ0) is 18.1. The van der Waals surface area contributed by atoms with Gasteiger partial charge in [-0.25, -0.2) is 9.37 Å². The molecule has 3 heterocycles. The lowest BCUT2D eigenvalue weighted by Gasteiger charge is -2.32. The number of methoxy groups -OCH3 is 1. The summed E-state index contributed by atoms with van der Waals surface area (Å²) in [6.07, 6.45) is 4.10. The minimum absolute atomic E-state index is 0.0207. The van der Waals surface area contributed by atoms with E-state index in [4.69, 9.17) is 4.74 Å². The van der Waals surface area contributed by atoms with Gasteiger partial charge in [0.15, 0.2) is 5.82 Å². The highest BCUT2D eigenvalue weighted by atomic mass is 19.1. The molecule has 0 saturated carbocycles. The minimum atomic E-state index is -0.620. The van der Waals surface area contributed by atoms with Gasteiger partial charge >= 0.3 is 0 Å². The van der Waals surface area contributed by atoms with Crippen LogP contribution in [0.25, 0.3) is 0 Å². The third-order valence-electron chi connectivity index (χ3n) is 4.62. The number of imidazole rings is 1. The SMILES string of the molecule is COc1cccc(C2CN(C(=O)c3ccncc3F)Cc3[nH]cnc32)c1. The lowest BCUT2D eigenvalue weighted by atomic mass is 9.90. The maximum Gasteiger partial charge on any atom is 0.257 e. The number of nitrogens with one attached hydrogen (secondary N) is 1. The summed E-state index contributed by atoms with van der Waals surface area (Å²) in [6.45, 7) is 0.766. The van der Waals surface area contributed by atoms with Gasteiger partial charge in [-0.15, -0.1) is 0 Å². The molecule has 1 atom stereocenters. The number of hydrogen-bond donors (Lipinski definition) is 1. The van der Waals surface area contributed by atoms with Crippen molar-refractivity contribution in [2.45, 2.75) is 12.5 Å². The van der Waals surface area contributed by atoms with E-state index in [0.29, 0.717) is 13.1 Å². The predicted molar refractivity (Wildman–Crippen MR) is 92.4 cm³/mol. The van der Waals surface area contributed by atoms with E-state index in [1.54, 1.807) is 18.3 Å². The van der Waals surface area contributed by atoms with Gasteiger partial charge < -0.3 is 14.6 Å². The van der Waals surface area contributed by atoms with Gasteiger partial charge in [0.05, 0.1) is 43.1 Å². The molecule has 1 aliphatic rings. The number of nitrogens with zero attached hydrogens (tertiary/aromatic N) is 3. The topological polar surface area (TPSA) is 71.1 Å². The van der Waals surface area contributed by atoms with Crippen molar-refractivity contribution in [2.24, 2.45) is 0 Å². The molecule has 132 valence electrons. The Morgan fingerprint density at radius 1 is 1.38 bits per heavy atom. The number of H-pyrrole nitrogens is 1. The first-order valence-electron chi connectivity index (χ1n) is 8.22. The molecule has 0 radical (unpaired) electrons. The fraction of sp³-hybridized carbons (Fsp3) is 0.211. The molecule has 0 aliphatic carbocycles. The molecule has 1 aromatic carbocycles. The van der Waals surface area contributed by atoms with Crippen LogP contribution in [0.2, 0.25) is 0 Å². The number of pyridine rings is 1. The average Bonchev–Trinajstić information content (AvgIpc) is 3.16. The van der Waals surface area contributed by atoms with Crippen LogP contribution in [0.1, 0.15) is 33.2 Å². The molecule has 6 nitrogen and oxygen atoms in total. The molecule has 0 fully saturated rings. The summed E-state index contributed by atoms with van der Waals surface area (Å²) >= 11 is 0. The highest BCUT2D eigenvalue weighted by molar-refractivity contribution is 5.94. The third-order valence-corrected chi connectivity index (χ3v) is 4.62. The lowest BCUT2D eigenvalue weighted by molar-refractivity contribution is 0.0717. The molecule has 1 amide bonds. The molecule has 26 heavy (non-hydrogen) atoms. The van der Waals surface area contributed by atoms with Crippen molar-refractivity contribution in [1.82, 2.24) is 19.9 Å². The molecular weight excluding hydrogens is 335 g/mol. The van der Waals surface area contributed by atoms with E-state index in [1.165, 1.54) is 12.3 Å². The van der Waals surface area contributed by atoms with Gasteiger partial charge in [0.25, 0.3) is 5.91 Å². The van der Waals surface area contributed by atoms with Crippen LogP contribution in [0.5, 0.6) is 5.75 Å².